The first-order chi connectivity index (χ1) is 20.2. The first kappa shape index (κ1) is 36.2. The summed E-state index contributed by atoms with van der Waals surface area (Å²) >= 11 is 6.55. The van der Waals surface area contributed by atoms with Crippen LogP contribution in [0.25, 0.3) is 19.5 Å². The van der Waals surface area contributed by atoms with Gasteiger partial charge in [-0.25, -0.2) is 16.8 Å². The second-order valence-electron chi connectivity index (χ2n) is 11.1. The minimum Gasteiger partial charge on any atom is -0.224 e. The molecule has 0 aliphatic rings. The third-order valence-corrected chi connectivity index (χ3v) is 16.5. The van der Waals surface area contributed by atoms with Crippen LogP contribution in [0.5, 0.6) is 0 Å². The van der Waals surface area contributed by atoms with Crippen molar-refractivity contribution in [2.24, 2.45) is 0 Å². The molecule has 0 radical (unpaired) electrons. The molecule has 0 saturated carbocycles. The molecule has 0 spiro atoms. The SMILES string of the molecule is CCCCCCCCCCS(=O)(=O)c1c(I)sc(-c2ccc(-c3cccs3)s2)c1S(=O)(=O)CCCCCCCCCC. The number of halogens is 1. The fourth-order valence-electron chi connectivity index (χ4n) is 5.15. The number of unbranched alkanes of at least 4 members (excludes halogenated alkanes) is 14. The molecule has 3 aromatic rings. The molecule has 0 aliphatic carbocycles. The fraction of sp³-hybridized carbons (Fsp3) is 0.625. The van der Waals surface area contributed by atoms with Crippen molar-refractivity contribution in [1.29, 1.82) is 0 Å². The number of thiophene rings is 3. The van der Waals surface area contributed by atoms with Crippen molar-refractivity contribution in [2.45, 2.75) is 126 Å². The third kappa shape index (κ3) is 11.0. The lowest BCUT2D eigenvalue weighted by Crippen LogP contribution is -2.15. The Hall–Kier alpha value is -0.270. The average molecular weight is 783 g/mol. The van der Waals surface area contributed by atoms with Gasteiger partial charge >= 0.3 is 0 Å². The van der Waals surface area contributed by atoms with Crippen LogP contribution < -0.4 is 0 Å². The highest BCUT2D eigenvalue weighted by Crippen LogP contribution is 2.47. The second kappa shape index (κ2) is 18.6. The quantitative estimate of drug-likeness (QED) is 0.0752. The van der Waals surface area contributed by atoms with Crippen molar-refractivity contribution < 1.29 is 16.8 Å². The van der Waals surface area contributed by atoms with E-state index in [0.29, 0.717) is 20.6 Å². The summed E-state index contributed by atoms with van der Waals surface area (Å²) in [5.41, 5.74) is 0. The van der Waals surface area contributed by atoms with Crippen LogP contribution in [0.2, 0.25) is 0 Å². The molecule has 3 heterocycles. The Bertz CT molecular complexity index is 1400. The second-order valence-corrected chi connectivity index (χ2v) is 20.0. The molecule has 0 fully saturated rings. The monoisotopic (exact) mass is 782 g/mol. The van der Waals surface area contributed by atoms with E-state index in [9.17, 15) is 16.8 Å². The summed E-state index contributed by atoms with van der Waals surface area (Å²) in [6.45, 7) is 4.40. The Balaban J connectivity index is 1.80. The zero-order valence-electron chi connectivity index (χ0n) is 25.2. The molecule has 0 bridgehead atoms. The van der Waals surface area contributed by atoms with E-state index in [2.05, 4.69) is 42.5 Å². The van der Waals surface area contributed by atoms with Gasteiger partial charge in [-0.2, -0.15) is 0 Å². The molecule has 236 valence electrons. The van der Waals surface area contributed by atoms with Gasteiger partial charge in [0.25, 0.3) is 0 Å². The third-order valence-electron chi connectivity index (χ3n) is 7.53. The molecule has 0 aromatic carbocycles. The molecule has 3 aromatic heterocycles. The summed E-state index contributed by atoms with van der Waals surface area (Å²) in [4.78, 5) is 3.71. The first-order valence-corrected chi connectivity index (χ1v) is 22.5. The number of rotatable bonds is 22. The summed E-state index contributed by atoms with van der Waals surface area (Å²) in [7, 11) is -7.54. The van der Waals surface area contributed by atoms with Crippen LogP contribution in [-0.2, 0) is 19.7 Å². The van der Waals surface area contributed by atoms with E-state index in [1.165, 1.54) is 74.0 Å². The lowest BCUT2D eigenvalue weighted by atomic mass is 10.1. The van der Waals surface area contributed by atoms with Crippen molar-refractivity contribution in [3.8, 4) is 19.5 Å². The number of hydrogen-bond donors (Lipinski definition) is 0. The van der Waals surface area contributed by atoms with Crippen LogP contribution in [0.4, 0.5) is 0 Å². The predicted octanol–water partition coefficient (Wildman–Crippen LogP) is 11.6. The van der Waals surface area contributed by atoms with E-state index in [4.69, 9.17) is 0 Å². The van der Waals surface area contributed by atoms with Crippen LogP contribution in [0.15, 0.2) is 39.4 Å². The van der Waals surface area contributed by atoms with Gasteiger partial charge in [-0.05, 0) is 59.0 Å². The normalized spacial score (nSPS) is 12.4. The lowest BCUT2D eigenvalue weighted by molar-refractivity contribution is 0.566. The van der Waals surface area contributed by atoms with E-state index < -0.39 is 19.7 Å². The molecule has 0 aliphatic heterocycles. The molecule has 0 atom stereocenters. The van der Waals surface area contributed by atoms with E-state index >= 15 is 0 Å². The Kier molecular flexibility index (Phi) is 16.1. The van der Waals surface area contributed by atoms with Crippen LogP contribution >= 0.6 is 56.6 Å². The van der Waals surface area contributed by atoms with Crippen molar-refractivity contribution in [2.75, 3.05) is 11.5 Å². The molecule has 0 unspecified atom stereocenters. The Morgan fingerprint density at radius 3 is 1.55 bits per heavy atom. The average Bonchev–Trinajstić information content (AvgIpc) is 3.71. The summed E-state index contributed by atoms with van der Waals surface area (Å²) in [6, 6.07) is 8.02. The van der Waals surface area contributed by atoms with E-state index in [-0.39, 0.29) is 21.3 Å². The van der Waals surface area contributed by atoms with Crippen molar-refractivity contribution >= 4 is 76.3 Å². The van der Waals surface area contributed by atoms with Crippen molar-refractivity contribution in [3.63, 3.8) is 0 Å². The molecular weight excluding hydrogens is 736 g/mol. The Morgan fingerprint density at radius 2 is 1.05 bits per heavy atom. The lowest BCUT2D eigenvalue weighted by Gasteiger charge is -2.11. The summed E-state index contributed by atoms with van der Waals surface area (Å²) in [6.07, 6.45) is 16.9. The van der Waals surface area contributed by atoms with Gasteiger partial charge in [-0.15, -0.1) is 34.0 Å². The molecule has 3 rings (SSSR count). The zero-order chi connectivity index (χ0) is 30.4. The fourth-order valence-corrected chi connectivity index (χ4v) is 15.0. The van der Waals surface area contributed by atoms with Crippen molar-refractivity contribution in [3.05, 3.63) is 32.5 Å². The van der Waals surface area contributed by atoms with E-state index in [1.807, 2.05) is 23.6 Å². The van der Waals surface area contributed by atoms with Crippen LogP contribution in [0.3, 0.4) is 0 Å². The van der Waals surface area contributed by atoms with Crippen molar-refractivity contribution in [1.82, 2.24) is 0 Å². The smallest absolute Gasteiger partial charge is 0.181 e. The largest absolute Gasteiger partial charge is 0.224 e. The van der Waals surface area contributed by atoms with Crippen LogP contribution in [-0.4, -0.2) is 28.3 Å². The standard InChI is InChI=1S/C32H47IO4S5/c1-3-5-7-9-11-13-15-17-24-41(34,35)30-29(28-22-21-27(39-28)26-20-19-23-38-26)40-32(33)31(30)42(36,37)25-18-16-14-12-10-8-6-4-2/h19-23H,3-18,24-25H2,1-2H3. The molecule has 0 amide bonds. The minimum absolute atomic E-state index is 0.000694. The number of sulfone groups is 2. The van der Waals surface area contributed by atoms with Crippen LogP contribution in [0, 0.1) is 2.88 Å². The molecule has 0 N–H and O–H groups in total. The maximum atomic E-state index is 14.0. The summed E-state index contributed by atoms with van der Waals surface area (Å²) < 4.78 is 56.0. The maximum absolute atomic E-state index is 14.0. The van der Waals surface area contributed by atoms with Gasteiger partial charge in [-0.3, -0.25) is 0 Å². The Morgan fingerprint density at radius 1 is 0.571 bits per heavy atom. The molecule has 0 saturated heterocycles. The van der Waals surface area contributed by atoms with Gasteiger partial charge in [-0.1, -0.05) is 110 Å². The highest BCUT2D eigenvalue weighted by Gasteiger charge is 2.35. The van der Waals surface area contributed by atoms with Gasteiger partial charge in [0.2, 0.25) is 0 Å². The zero-order valence-corrected chi connectivity index (χ0v) is 31.4. The van der Waals surface area contributed by atoms with E-state index in [1.54, 1.807) is 11.3 Å². The summed E-state index contributed by atoms with van der Waals surface area (Å²) in [5.74, 6) is -0.00941. The first-order valence-electron chi connectivity index (χ1n) is 15.6. The highest BCUT2D eigenvalue weighted by molar-refractivity contribution is 14.1. The van der Waals surface area contributed by atoms with Gasteiger partial charge in [0.05, 0.1) is 19.3 Å². The molecule has 4 nitrogen and oxygen atoms in total. The highest BCUT2D eigenvalue weighted by atomic mass is 127. The van der Waals surface area contributed by atoms with Gasteiger partial charge < -0.3 is 0 Å². The van der Waals surface area contributed by atoms with E-state index in [0.717, 1.165) is 53.2 Å². The molecule has 10 heteroatoms. The van der Waals surface area contributed by atoms with Gasteiger partial charge in [0.1, 0.15) is 9.79 Å². The predicted molar refractivity (Wildman–Crippen MR) is 193 cm³/mol. The molecular formula is C32H47IO4S5. The Labute approximate surface area is 280 Å². The maximum Gasteiger partial charge on any atom is 0.181 e. The minimum atomic E-state index is -3.79. The van der Waals surface area contributed by atoms with Gasteiger partial charge in [0.15, 0.2) is 19.7 Å². The summed E-state index contributed by atoms with van der Waals surface area (Å²) in [5, 5.41) is 2.03. The number of hydrogen-bond acceptors (Lipinski definition) is 7. The topological polar surface area (TPSA) is 68.3 Å². The van der Waals surface area contributed by atoms with Crippen LogP contribution in [0.1, 0.15) is 117 Å². The van der Waals surface area contributed by atoms with Gasteiger partial charge in [0, 0.05) is 14.6 Å². The molecule has 42 heavy (non-hydrogen) atoms.